The Hall–Kier alpha value is -4.33. The summed E-state index contributed by atoms with van der Waals surface area (Å²) in [5.41, 5.74) is 0.136. The fourth-order valence-corrected chi connectivity index (χ4v) is 1.78. The molecule has 0 saturated heterocycles. The number of hydrogen-bond donors (Lipinski definition) is 3. The van der Waals surface area contributed by atoms with E-state index < -0.39 is 22.7 Å². The van der Waals surface area contributed by atoms with Crippen LogP contribution in [0.4, 0.5) is 11.4 Å². The average Bonchev–Trinajstić information content (AvgIpc) is 2.67. The van der Waals surface area contributed by atoms with Gasteiger partial charge in [0.2, 0.25) is 5.91 Å². The third-order valence-electron chi connectivity index (χ3n) is 3.02. The van der Waals surface area contributed by atoms with Crippen molar-refractivity contribution in [3.05, 3.63) is 64.0 Å². The van der Waals surface area contributed by atoms with Crippen LogP contribution in [0, 0.1) is 21.4 Å². The van der Waals surface area contributed by atoms with Crippen molar-refractivity contribution in [2.45, 2.75) is 6.92 Å². The molecule has 28 heavy (non-hydrogen) atoms. The van der Waals surface area contributed by atoms with Gasteiger partial charge in [-0.2, -0.15) is 5.26 Å². The van der Waals surface area contributed by atoms with Crippen molar-refractivity contribution in [3.8, 4) is 6.07 Å². The molecule has 0 aliphatic heterocycles. The number of carboxylic acids is 1. The van der Waals surface area contributed by atoms with Crippen molar-refractivity contribution < 1.29 is 24.4 Å². The molecule has 1 heterocycles. The van der Waals surface area contributed by atoms with Crippen molar-refractivity contribution in [1.29, 1.82) is 5.26 Å². The van der Waals surface area contributed by atoms with Crippen LogP contribution in [0.3, 0.4) is 0 Å². The van der Waals surface area contributed by atoms with Gasteiger partial charge in [-0.3, -0.25) is 19.7 Å². The van der Waals surface area contributed by atoms with E-state index >= 15 is 0 Å². The van der Waals surface area contributed by atoms with E-state index in [-0.39, 0.29) is 23.5 Å². The molecule has 3 N–H and O–H groups in total. The maximum Gasteiger partial charge on any atom is 0.335 e. The third-order valence-corrected chi connectivity index (χ3v) is 3.02. The zero-order valence-electron chi connectivity index (χ0n) is 14.6. The van der Waals surface area contributed by atoms with E-state index in [4.69, 9.17) is 10.4 Å². The predicted molar refractivity (Wildman–Crippen MR) is 96.5 cm³/mol. The first kappa shape index (κ1) is 21.7. The summed E-state index contributed by atoms with van der Waals surface area (Å²) >= 11 is 0. The largest absolute Gasteiger partial charge is 0.478 e. The summed E-state index contributed by atoms with van der Waals surface area (Å²) in [5.74, 6) is -2.27. The number of hydrogen-bond acceptors (Lipinski definition) is 7. The van der Waals surface area contributed by atoms with E-state index in [1.54, 1.807) is 6.07 Å². The smallest absolute Gasteiger partial charge is 0.335 e. The van der Waals surface area contributed by atoms with Gasteiger partial charge in [0, 0.05) is 18.7 Å². The van der Waals surface area contributed by atoms with Crippen LogP contribution in [-0.4, -0.2) is 39.3 Å². The number of nitriles is 1. The van der Waals surface area contributed by atoms with Crippen LogP contribution in [0.1, 0.15) is 27.8 Å². The SMILES string of the molecule is CC#N.O=C(CNC(=O)c1ccc([N+](=O)[O-])cn1)Nc1ccc(C(=O)O)cc1. The van der Waals surface area contributed by atoms with Crippen LogP contribution in [-0.2, 0) is 4.79 Å². The van der Waals surface area contributed by atoms with Crippen LogP contribution >= 0.6 is 0 Å². The van der Waals surface area contributed by atoms with Gasteiger partial charge in [-0.25, -0.2) is 9.78 Å². The van der Waals surface area contributed by atoms with Crippen molar-refractivity contribution >= 4 is 29.2 Å². The normalized spacial score (nSPS) is 9.14. The molecule has 2 aromatic rings. The minimum atomic E-state index is -1.08. The molecule has 2 rings (SSSR count). The topological polar surface area (TPSA) is 175 Å². The second kappa shape index (κ2) is 10.6. The third kappa shape index (κ3) is 6.89. The van der Waals surface area contributed by atoms with Crippen LogP contribution < -0.4 is 10.6 Å². The van der Waals surface area contributed by atoms with Crippen LogP contribution in [0.2, 0.25) is 0 Å². The lowest BCUT2D eigenvalue weighted by molar-refractivity contribution is -0.385. The zero-order chi connectivity index (χ0) is 21.1. The molecule has 0 unspecified atom stereocenters. The molecule has 0 radical (unpaired) electrons. The second-order valence-electron chi connectivity index (χ2n) is 5.00. The molecule has 0 aliphatic carbocycles. The standard InChI is InChI=1S/C15H12N4O6.C2H3N/c20-13(18-10-3-1-9(2-4-10)15(22)23)8-17-14(21)12-6-5-11(7-16-12)19(24)25;1-2-3/h1-7H,8H2,(H,17,21)(H,18,20)(H,22,23);1H3. The average molecular weight is 385 g/mol. The Bertz CT molecular complexity index is 903. The summed E-state index contributed by atoms with van der Waals surface area (Å²) in [5, 5.41) is 31.4. The maximum atomic E-state index is 11.8. The zero-order valence-corrected chi connectivity index (χ0v) is 14.6. The van der Waals surface area contributed by atoms with Crippen LogP contribution in [0.5, 0.6) is 0 Å². The lowest BCUT2D eigenvalue weighted by Crippen LogP contribution is -2.33. The van der Waals surface area contributed by atoms with E-state index in [2.05, 4.69) is 15.6 Å². The molecule has 2 amide bonds. The number of pyridine rings is 1. The van der Waals surface area contributed by atoms with Crippen LogP contribution in [0.15, 0.2) is 42.6 Å². The molecular weight excluding hydrogens is 370 g/mol. The number of benzene rings is 1. The molecule has 0 bridgehead atoms. The number of carbonyl (C=O) groups is 3. The number of carbonyl (C=O) groups excluding carboxylic acids is 2. The number of nitrogens with zero attached hydrogens (tertiary/aromatic N) is 3. The highest BCUT2D eigenvalue weighted by Gasteiger charge is 2.12. The van der Waals surface area contributed by atoms with Gasteiger partial charge in [-0.15, -0.1) is 0 Å². The van der Waals surface area contributed by atoms with Crippen molar-refractivity contribution in [3.63, 3.8) is 0 Å². The molecule has 1 aromatic carbocycles. The molecular formula is C17H15N5O6. The molecule has 0 fully saturated rings. The Labute approximate surface area is 158 Å². The summed E-state index contributed by atoms with van der Waals surface area (Å²) in [6.07, 6.45) is 0.943. The number of nitro groups is 1. The lowest BCUT2D eigenvalue weighted by atomic mass is 10.2. The number of carboxylic acid groups (broad SMARTS) is 1. The van der Waals surface area contributed by atoms with Gasteiger partial charge in [-0.05, 0) is 30.3 Å². The van der Waals surface area contributed by atoms with Gasteiger partial charge >= 0.3 is 5.97 Å². The van der Waals surface area contributed by atoms with E-state index in [1.807, 2.05) is 0 Å². The minimum absolute atomic E-state index is 0.0655. The van der Waals surface area contributed by atoms with Gasteiger partial charge in [0.15, 0.2) is 0 Å². The fourth-order valence-electron chi connectivity index (χ4n) is 1.78. The first-order valence-corrected chi connectivity index (χ1v) is 7.61. The quantitative estimate of drug-likeness (QED) is 0.496. The molecule has 11 nitrogen and oxygen atoms in total. The monoisotopic (exact) mass is 385 g/mol. The minimum Gasteiger partial charge on any atom is -0.478 e. The van der Waals surface area contributed by atoms with E-state index in [0.717, 1.165) is 12.3 Å². The highest BCUT2D eigenvalue weighted by Crippen LogP contribution is 2.10. The van der Waals surface area contributed by atoms with E-state index in [0.29, 0.717) is 5.69 Å². The molecule has 0 atom stereocenters. The Morgan fingerprint density at radius 1 is 1.21 bits per heavy atom. The van der Waals surface area contributed by atoms with Crippen molar-refractivity contribution in [2.24, 2.45) is 0 Å². The van der Waals surface area contributed by atoms with Crippen molar-refractivity contribution in [1.82, 2.24) is 10.3 Å². The Morgan fingerprint density at radius 3 is 2.29 bits per heavy atom. The molecule has 144 valence electrons. The maximum absolute atomic E-state index is 11.8. The number of amides is 2. The Morgan fingerprint density at radius 2 is 1.82 bits per heavy atom. The van der Waals surface area contributed by atoms with Gasteiger partial charge in [0.25, 0.3) is 11.6 Å². The molecule has 11 heteroatoms. The summed E-state index contributed by atoms with van der Waals surface area (Å²) in [6.45, 7) is 1.08. The molecule has 0 spiro atoms. The number of rotatable bonds is 6. The fraction of sp³-hybridized carbons (Fsp3) is 0.118. The summed E-state index contributed by atoms with van der Waals surface area (Å²) in [7, 11) is 0. The highest BCUT2D eigenvalue weighted by atomic mass is 16.6. The predicted octanol–water partition coefficient (Wildman–Crippen LogP) is 1.59. The van der Waals surface area contributed by atoms with Crippen LogP contribution in [0.25, 0.3) is 0 Å². The first-order chi connectivity index (χ1) is 13.3. The van der Waals surface area contributed by atoms with Gasteiger partial charge in [-0.1, -0.05) is 0 Å². The Kier molecular flexibility index (Phi) is 8.23. The number of anilines is 1. The van der Waals surface area contributed by atoms with E-state index in [9.17, 15) is 24.5 Å². The number of aromatic carboxylic acids is 1. The van der Waals surface area contributed by atoms with Crippen molar-refractivity contribution in [2.75, 3.05) is 11.9 Å². The second-order valence-corrected chi connectivity index (χ2v) is 5.00. The van der Waals surface area contributed by atoms with Gasteiger partial charge < -0.3 is 15.7 Å². The van der Waals surface area contributed by atoms with E-state index in [1.165, 1.54) is 37.3 Å². The number of nitrogens with one attached hydrogen (secondary N) is 2. The summed E-state index contributed by atoms with van der Waals surface area (Å²) < 4.78 is 0. The first-order valence-electron chi connectivity index (χ1n) is 7.61. The number of aromatic nitrogens is 1. The summed E-state index contributed by atoms with van der Waals surface area (Å²) in [4.78, 5) is 47.8. The molecule has 1 aromatic heterocycles. The molecule has 0 aliphatic rings. The van der Waals surface area contributed by atoms with Gasteiger partial charge in [0.05, 0.1) is 23.1 Å². The Balaban J connectivity index is 0.00000122. The lowest BCUT2D eigenvalue weighted by Gasteiger charge is -2.07. The highest BCUT2D eigenvalue weighted by molar-refractivity contribution is 5.98. The van der Waals surface area contributed by atoms with Gasteiger partial charge in [0.1, 0.15) is 11.9 Å². The molecule has 0 saturated carbocycles. The summed E-state index contributed by atoms with van der Waals surface area (Å²) in [6, 6.07) is 9.55.